The molecule has 0 radical (unpaired) electrons. The van der Waals surface area contributed by atoms with Crippen LogP contribution in [0.2, 0.25) is 0 Å². The summed E-state index contributed by atoms with van der Waals surface area (Å²) in [6, 6.07) is 4.60. The van der Waals surface area contributed by atoms with E-state index in [2.05, 4.69) is 23.6 Å². The van der Waals surface area contributed by atoms with Crippen LogP contribution in [-0.4, -0.2) is 76.8 Å². The minimum absolute atomic E-state index is 0.146. The van der Waals surface area contributed by atoms with Crippen LogP contribution in [-0.2, 0) is 4.79 Å². The van der Waals surface area contributed by atoms with Crippen LogP contribution in [0.5, 0.6) is 0 Å². The maximum atomic E-state index is 13.6. The monoisotopic (exact) mass is 454 g/mol. The first kappa shape index (κ1) is 24.2. The van der Waals surface area contributed by atoms with Crippen molar-refractivity contribution in [2.75, 3.05) is 39.3 Å². The standard InChI is InChI=1S/C27H42N4O2/c1-20(2)19-25(32)30-15-9-22(10-16-30)26-24(8-7-21(3)28-26)27(33)31-17-11-23(12-18-31)29-13-5-4-6-14-29/h7-8,20,22-23H,4-6,9-19H2,1-3H3. The molecular weight excluding hydrogens is 412 g/mol. The molecule has 3 fully saturated rings. The van der Waals surface area contributed by atoms with E-state index >= 15 is 0 Å². The molecule has 2 amide bonds. The maximum absolute atomic E-state index is 13.6. The average Bonchev–Trinajstić information content (AvgIpc) is 2.84. The van der Waals surface area contributed by atoms with Gasteiger partial charge in [0.25, 0.3) is 5.91 Å². The van der Waals surface area contributed by atoms with Gasteiger partial charge in [0.15, 0.2) is 0 Å². The van der Waals surface area contributed by atoms with Crippen molar-refractivity contribution in [2.45, 2.75) is 84.1 Å². The number of piperidine rings is 3. The van der Waals surface area contributed by atoms with Crippen LogP contribution in [0.15, 0.2) is 12.1 Å². The molecule has 3 aliphatic heterocycles. The lowest BCUT2D eigenvalue weighted by molar-refractivity contribution is -0.133. The molecule has 3 aliphatic rings. The summed E-state index contributed by atoms with van der Waals surface area (Å²) >= 11 is 0. The second-order valence-electron chi connectivity index (χ2n) is 10.8. The van der Waals surface area contributed by atoms with Crippen molar-refractivity contribution in [3.8, 4) is 0 Å². The van der Waals surface area contributed by atoms with E-state index in [1.54, 1.807) is 0 Å². The van der Waals surface area contributed by atoms with Gasteiger partial charge < -0.3 is 14.7 Å². The highest BCUT2D eigenvalue weighted by molar-refractivity contribution is 5.95. The van der Waals surface area contributed by atoms with Gasteiger partial charge in [-0.2, -0.15) is 0 Å². The van der Waals surface area contributed by atoms with Crippen LogP contribution in [0.25, 0.3) is 0 Å². The fraction of sp³-hybridized carbons (Fsp3) is 0.741. The van der Waals surface area contributed by atoms with Crippen LogP contribution in [0, 0.1) is 12.8 Å². The SMILES string of the molecule is Cc1ccc(C(=O)N2CCC(N3CCCCC3)CC2)c(C2CCN(C(=O)CC(C)C)CC2)n1. The number of aromatic nitrogens is 1. The number of carbonyl (C=O) groups excluding carboxylic acids is 2. The van der Waals surface area contributed by atoms with Gasteiger partial charge in [-0.1, -0.05) is 20.3 Å². The highest BCUT2D eigenvalue weighted by atomic mass is 16.2. The zero-order chi connectivity index (χ0) is 23.4. The van der Waals surface area contributed by atoms with Crippen molar-refractivity contribution < 1.29 is 9.59 Å². The Kier molecular flexibility index (Phi) is 8.05. The van der Waals surface area contributed by atoms with Crippen molar-refractivity contribution >= 4 is 11.8 Å². The molecule has 0 atom stereocenters. The van der Waals surface area contributed by atoms with Crippen molar-refractivity contribution in [2.24, 2.45) is 5.92 Å². The molecule has 6 heteroatoms. The fourth-order valence-corrected chi connectivity index (χ4v) is 5.84. The predicted molar refractivity (Wildman–Crippen MR) is 131 cm³/mol. The molecule has 0 unspecified atom stereocenters. The van der Waals surface area contributed by atoms with Crippen molar-refractivity contribution in [3.63, 3.8) is 0 Å². The van der Waals surface area contributed by atoms with E-state index in [1.165, 1.54) is 32.4 Å². The Morgan fingerprint density at radius 3 is 2.18 bits per heavy atom. The smallest absolute Gasteiger partial charge is 0.255 e. The zero-order valence-corrected chi connectivity index (χ0v) is 20.9. The summed E-state index contributed by atoms with van der Waals surface area (Å²) in [5.41, 5.74) is 2.70. The number of aryl methyl sites for hydroxylation is 1. The number of rotatable bonds is 5. The fourth-order valence-electron chi connectivity index (χ4n) is 5.84. The third-order valence-electron chi connectivity index (χ3n) is 7.77. The highest BCUT2D eigenvalue weighted by Gasteiger charge is 2.32. The molecular formula is C27H42N4O2. The van der Waals surface area contributed by atoms with Crippen LogP contribution in [0.4, 0.5) is 0 Å². The van der Waals surface area contributed by atoms with E-state index in [-0.39, 0.29) is 17.7 Å². The van der Waals surface area contributed by atoms with Gasteiger partial charge in [0.2, 0.25) is 5.91 Å². The second-order valence-corrected chi connectivity index (χ2v) is 10.8. The molecule has 4 rings (SSSR count). The summed E-state index contributed by atoms with van der Waals surface area (Å²) in [5.74, 6) is 1.04. The number of likely N-dealkylation sites (tertiary alicyclic amines) is 3. The molecule has 6 nitrogen and oxygen atoms in total. The van der Waals surface area contributed by atoms with E-state index in [9.17, 15) is 9.59 Å². The van der Waals surface area contributed by atoms with E-state index < -0.39 is 0 Å². The molecule has 33 heavy (non-hydrogen) atoms. The Hall–Kier alpha value is -1.95. The number of hydrogen-bond acceptors (Lipinski definition) is 4. The molecule has 182 valence electrons. The third-order valence-corrected chi connectivity index (χ3v) is 7.77. The normalized spacial score (nSPS) is 21.6. The molecule has 0 N–H and O–H groups in total. The van der Waals surface area contributed by atoms with Gasteiger partial charge in [0, 0.05) is 50.3 Å². The Morgan fingerprint density at radius 1 is 0.909 bits per heavy atom. The van der Waals surface area contributed by atoms with Gasteiger partial charge in [-0.3, -0.25) is 14.6 Å². The summed E-state index contributed by atoms with van der Waals surface area (Å²) in [7, 11) is 0. The number of hydrogen-bond donors (Lipinski definition) is 0. The first-order valence-electron chi connectivity index (χ1n) is 13.2. The van der Waals surface area contributed by atoms with Crippen molar-refractivity contribution in [1.29, 1.82) is 0 Å². The van der Waals surface area contributed by atoms with Gasteiger partial charge in [0.1, 0.15) is 0 Å². The van der Waals surface area contributed by atoms with Crippen LogP contribution < -0.4 is 0 Å². The number of amides is 2. The van der Waals surface area contributed by atoms with Crippen LogP contribution in [0.3, 0.4) is 0 Å². The summed E-state index contributed by atoms with van der Waals surface area (Å²) in [5, 5.41) is 0. The number of carbonyl (C=O) groups is 2. The summed E-state index contributed by atoms with van der Waals surface area (Å²) in [6.07, 6.45) is 8.55. The third kappa shape index (κ3) is 5.95. The maximum Gasteiger partial charge on any atom is 0.255 e. The lowest BCUT2D eigenvalue weighted by Crippen LogP contribution is -2.48. The van der Waals surface area contributed by atoms with E-state index in [0.717, 1.165) is 68.8 Å². The topological polar surface area (TPSA) is 56.8 Å². The van der Waals surface area contributed by atoms with Gasteiger partial charge in [-0.05, 0) is 76.6 Å². The summed E-state index contributed by atoms with van der Waals surface area (Å²) < 4.78 is 0. The average molecular weight is 455 g/mol. The first-order valence-corrected chi connectivity index (χ1v) is 13.2. The molecule has 0 aromatic carbocycles. The summed E-state index contributed by atoms with van der Waals surface area (Å²) in [6.45, 7) is 11.9. The second kappa shape index (κ2) is 11.0. The Bertz CT molecular complexity index is 817. The molecule has 0 saturated carbocycles. The predicted octanol–water partition coefficient (Wildman–Crippen LogP) is 4.23. The molecule has 0 bridgehead atoms. The quantitative estimate of drug-likeness (QED) is 0.668. The van der Waals surface area contributed by atoms with Crippen LogP contribution in [0.1, 0.15) is 92.9 Å². The largest absolute Gasteiger partial charge is 0.343 e. The minimum atomic E-state index is 0.146. The molecule has 0 spiro atoms. The van der Waals surface area contributed by atoms with Crippen molar-refractivity contribution in [3.05, 3.63) is 29.1 Å². The summed E-state index contributed by atoms with van der Waals surface area (Å²) in [4.78, 5) is 37.6. The van der Waals surface area contributed by atoms with Crippen LogP contribution >= 0.6 is 0 Å². The Balaban J connectivity index is 1.39. The van der Waals surface area contributed by atoms with Gasteiger partial charge in [-0.15, -0.1) is 0 Å². The van der Waals surface area contributed by atoms with Gasteiger partial charge in [0.05, 0.1) is 11.3 Å². The molecule has 1 aromatic rings. The lowest BCUT2D eigenvalue weighted by Gasteiger charge is -2.40. The Labute approximate surface area is 199 Å². The molecule has 1 aromatic heterocycles. The van der Waals surface area contributed by atoms with E-state index in [0.29, 0.717) is 18.4 Å². The molecule has 4 heterocycles. The number of nitrogens with zero attached hydrogens (tertiary/aromatic N) is 4. The first-order chi connectivity index (χ1) is 15.9. The van der Waals surface area contributed by atoms with E-state index in [4.69, 9.17) is 4.98 Å². The highest BCUT2D eigenvalue weighted by Crippen LogP contribution is 2.31. The number of pyridine rings is 1. The molecule has 0 aliphatic carbocycles. The van der Waals surface area contributed by atoms with E-state index in [1.807, 2.05) is 24.0 Å². The minimum Gasteiger partial charge on any atom is -0.343 e. The van der Waals surface area contributed by atoms with Gasteiger partial charge in [-0.25, -0.2) is 0 Å². The zero-order valence-electron chi connectivity index (χ0n) is 20.9. The van der Waals surface area contributed by atoms with Gasteiger partial charge >= 0.3 is 0 Å². The van der Waals surface area contributed by atoms with Crippen molar-refractivity contribution in [1.82, 2.24) is 19.7 Å². The Morgan fingerprint density at radius 2 is 1.55 bits per heavy atom. The lowest BCUT2D eigenvalue weighted by atomic mass is 9.89. The molecule has 3 saturated heterocycles.